The maximum atomic E-state index is 13.1. The van der Waals surface area contributed by atoms with Crippen LogP contribution in [0.1, 0.15) is 0 Å². The largest absolute Gasteiger partial charge is 0.324 e. The Morgan fingerprint density at radius 1 is 1.13 bits per heavy atom. The van der Waals surface area contributed by atoms with Crippen molar-refractivity contribution in [2.24, 2.45) is 0 Å². The number of anilines is 1. The maximum absolute atomic E-state index is 13.1. The number of nitrogens with zero attached hydrogens (tertiary/aromatic N) is 3. The van der Waals surface area contributed by atoms with Crippen molar-refractivity contribution < 1.29 is 13.6 Å². The highest BCUT2D eigenvalue weighted by molar-refractivity contribution is 5.90. The molecule has 0 radical (unpaired) electrons. The summed E-state index contributed by atoms with van der Waals surface area (Å²) >= 11 is 0. The predicted octanol–water partition coefficient (Wildman–Crippen LogP) is 1.71. The zero-order valence-electron chi connectivity index (χ0n) is 11.7. The molecule has 0 saturated carbocycles. The van der Waals surface area contributed by atoms with E-state index < -0.39 is 29.6 Å². The second kappa shape index (κ2) is 5.91. The summed E-state index contributed by atoms with van der Waals surface area (Å²) in [6, 6.07) is 9.57. The number of fused-ring (bicyclic) bond motifs is 1. The van der Waals surface area contributed by atoms with Gasteiger partial charge in [0.1, 0.15) is 12.1 Å². The minimum atomic E-state index is -1.08. The van der Waals surface area contributed by atoms with E-state index in [1.807, 2.05) is 0 Å². The number of rotatable bonds is 3. The minimum absolute atomic E-state index is 0.0793. The summed E-state index contributed by atoms with van der Waals surface area (Å²) in [7, 11) is 0. The number of halogens is 2. The van der Waals surface area contributed by atoms with Crippen LogP contribution in [0.25, 0.3) is 10.9 Å². The number of hydrogen-bond acceptors (Lipinski definition) is 4. The molecular formula is C15H10F2N4O2. The molecule has 0 saturated heterocycles. The summed E-state index contributed by atoms with van der Waals surface area (Å²) in [6.45, 7) is -0.393. The van der Waals surface area contributed by atoms with Crippen molar-refractivity contribution >= 4 is 22.5 Å². The highest BCUT2D eigenvalue weighted by atomic mass is 19.2. The van der Waals surface area contributed by atoms with E-state index in [1.165, 1.54) is 6.07 Å². The molecule has 2 aromatic carbocycles. The third-order valence-electron chi connectivity index (χ3n) is 3.13. The molecule has 0 aliphatic heterocycles. The van der Waals surface area contributed by atoms with E-state index in [9.17, 15) is 18.4 Å². The van der Waals surface area contributed by atoms with E-state index >= 15 is 0 Å². The van der Waals surface area contributed by atoms with Gasteiger partial charge in [-0.3, -0.25) is 9.59 Å². The van der Waals surface area contributed by atoms with Gasteiger partial charge in [0.2, 0.25) is 5.91 Å². The highest BCUT2D eigenvalue weighted by Gasteiger charge is 2.10. The van der Waals surface area contributed by atoms with Crippen molar-refractivity contribution in [2.75, 3.05) is 5.32 Å². The van der Waals surface area contributed by atoms with Crippen LogP contribution in [0.15, 0.2) is 47.3 Å². The standard InChI is InChI=1S/C15H10F2N4O2/c16-11-6-5-9(7-12(11)17)18-14(22)8-21-15(23)10-3-1-2-4-13(10)19-20-21/h1-7H,8H2,(H,18,22). The first-order valence-corrected chi connectivity index (χ1v) is 6.62. The molecule has 0 aliphatic carbocycles. The average molecular weight is 316 g/mol. The Labute approximate surface area is 128 Å². The van der Waals surface area contributed by atoms with Crippen LogP contribution in [-0.4, -0.2) is 20.9 Å². The monoisotopic (exact) mass is 316 g/mol. The molecule has 1 heterocycles. The fourth-order valence-electron chi connectivity index (χ4n) is 2.04. The normalized spacial score (nSPS) is 10.7. The van der Waals surface area contributed by atoms with Gasteiger partial charge in [0, 0.05) is 11.8 Å². The number of nitrogens with one attached hydrogen (secondary N) is 1. The molecule has 0 aliphatic rings. The lowest BCUT2D eigenvalue weighted by Crippen LogP contribution is -2.30. The third kappa shape index (κ3) is 3.05. The van der Waals surface area contributed by atoms with Crippen LogP contribution in [0.2, 0.25) is 0 Å². The van der Waals surface area contributed by atoms with Gasteiger partial charge in [-0.15, -0.1) is 5.10 Å². The molecule has 1 N–H and O–H groups in total. The summed E-state index contributed by atoms with van der Waals surface area (Å²) < 4.78 is 26.8. The molecule has 23 heavy (non-hydrogen) atoms. The Morgan fingerprint density at radius 2 is 1.91 bits per heavy atom. The van der Waals surface area contributed by atoms with E-state index in [0.29, 0.717) is 10.9 Å². The first-order chi connectivity index (χ1) is 11.0. The van der Waals surface area contributed by atoms with Gasteiger partial charge >= 0.3 is 0 Å². The Hall–Kier alpha value is -3.16. The summed E-state index contributed by atoms with van der Waals surface area (Å²) in [4.78, 5) is 24.1. The van der Waals surface area contributed by atoms with Crippen LogP contribution in [-0.2, 0) is 11.3 Å². The molecule has 1 aromatic heterocycles. The van der Waals surface area contributed by atoms with Crippen LogP contribution in [0.5, 0.6) is 0 Å². The quantitative estimate of drug-likeness (QED) is 0.798. The molecule has 6 nitrogen and oxygen atoms in total. The molecule has 116 valence electrons. The van der Waals surface area contributed by atoms with E-state index in [4.69, 9.17) is 0 Å². The van der Waals surface area contributed by atoms with Crippen LogP contribution < -0.4 is 10.9 Å². The SMILES string of the molecule is O=C(Cn1nnc2ccccc2c1=O)Nc1ccc(F)c(F)c1. The summed E-state index contributed by atoms with van der Waals surface area (Å²) in [5.41, 5.74) is 0.0431. The summed E-state index contributed by atoms with van der Waals surface area (Å²) in [6.07, 6.45) is 0. The van der Waals surface area contributed by atoms with Gasteiger partial charge in [0.15, 0.2) is 11.6 Å². The van der Waals surface area contributed by atoms with Gasteiger partial charge in [-0.25, -0.2) is 13.5 Å². The Bertz CT molecular complexity index is 956. The molecule has 3 rings (SSSR count). The van der Waals surface area contributed by atoms with Crippen LogP contribution in [0, 0.1) is 11.6 Å². The first kappa shape index (κ1) is 14.8. The zero-order chi connectivity index (χ0) is 16.4. The average Bonchev–Trinajstić information content (AvgIpc) is 2.54. The predicted molar refractivity (Wildman–Crippen MR) is 78.8 cm³/mol. The van der Waals surface area contributed by atoms with Gasteiger partial charge in [-0.2, -0.15) is 0 Å². The van der Waals surface area contributed by atoms with Crippen molar-refractivity contribution in [3.8, 4) is 0 Å². The minimum Gasteiger partial charge on any atom is -0.324 e. The zero-order valence-corrected chi connectivity index (χ0v) is 11.7. The van der Waals surface area contributed by atoms with E-state index in [2.05, 4.69) is 15.6 Å². The van der Waals surface area contributed by atoms with Gasteiger partial charge in [0.05, 0.1) is 5.39 Å². The number of benzene rings is 2. The molecule has 8 heteroatoms. The lowest BCUT2D eigenvalue weighted by atomic mass is 10.2. The number of amides is 1. The third-order valence-corrected chi connectivity index (χ3v) is 3.13. The number of carbonyl (C=O) groups is 1. The molecule has 1 amide bonds. The fraction of sp³-hybridized carbons (Fsp3) is 0.0667. The molecule has 0 fully saturated rings. The smallest absolute Gasteiger partial charge is 0.278 e. The lowest BCUT2D eigenvalue weighted by Gasteiger charge is -2.07. The molecule has 0 bridgehead atoms. The van der Waals surface area contributed by atoms with Gasteiger partial charge in [0.25, 0.3) is 5.56 Å². The van der Waals surface area contributed by atoms with E-state index in [0.717, 1.165) is 16.8 Å². The molecule has 0 atom stereocenters. The van der Waals surface area contributed by atoms with E-state index in [-0.39, 0.29) is 5.69 Å². The summed E-state index contributed by atoms with van der Waals surface area (Å²) in [5, 5.41) is 10.2. The van der Waals surface area contributed by atoms with Crippen LogP contribution in [0.3, 0.4) is 0 Å². The highest BCUT2D eigenvalue weighted by Crippen LogP contribution is 2.13. The molecule has 3 aromatic rings. The van der Waals surface area contributed by atoms with Crippen molar-refractivity contribution in [1.82, 2.24) is 15.0 Å². The van der Waals surface area contributed by atoms with Gasteiger partial charge in [-0.05, 0) is 24.3 Å². The Morgan fingerprint density at radius 3 is 2.70 bits per heavy atom. The van der Waals surface area contributed by atoms with Gasteiger partial charge < -0.3 is 5.32 Å². The van der Waals surface area contributed by atoms with Crippen molar-refractivity contribution in [2.45, 2.75) is 6.54 Å². The molecule has 0 spiro atoms. The first-order valence-electron chi connectivity index (χ1n) is 6.62. The Kier molecular flexibility index (Phi) is 3.80. The lowest BCUT2D eigenvalue weighted by molar-refractivity contribution is -0.117. The van der Waals surface area contributed by atoms with Crippen molar-refractivity contribution in [3.63, 3.8) is 0 Å². The van der Waals surface area contributed by atoms with Crippen molar-refractivity contribution in [1.29, 1.82) is 0 Å². The Balaban J connectivity index is 1.81. The number of carbonyl (C=O) groups excluding carboxylic acids is 1. The molecular weight excluding hydrogens is 306 g/mol. The van der Waals surface area contributed by atoms with E-state index in [1.54, 1.807) is 24.3 Å². The van der Waals surface area contributed by atoms with Crippen LogP contribution >= 0.6 is 0 Å². The second-order valence-electron chi connectivity index (χ2n) is 4.75. The maximum Gasteiger partial charge on any atom is 0.278 e. The molecule has 0 unspecified atom stereocenters. The van der Waals surface area contributed by atoms with Gasteiger partial charge in [-0.1, -0.05) is 17.3 Å². The fourth-order valence-corrected chi connectivity index (χ4v) is 2.04. The van der Waals surface area contributed by atoms with Crippen LogP contribution in [0.4, 0.5) is 14.5 Å². The topological polar surface area (TPSA) is 76.9 Å². The second-order valence-corrected chi connectivity index (χ2v) is 4.75. The number of hydrogen-bond donors (Lipinski definition) is 1. The number of aromatic nitrogens is 3. The van der Waals surface area contributed by atoms with Crippen molar-refractivity contribution in [3.05, 3.63) is 64.5 Å². The summed E-state index contributed by atoms with van der Waals surface area (Å²) in [5.74, 6) is -2.70.